The van der Waals surface area contributed by atoms with Gasteiger partial charge >= 0.3 is 0 Å². The third-order valence-corrected chi connectivity index (χ3v) is 13.0. The van der Waals surface area contributed by atoms with Crippen LogP contribution >= 0.6 is 0 Å². The summed E-state index contributed by atoms with van der Waals surface area (Å²) in [4.78, 5) is 0. The number of ether oxygens (including phenoxy) is 1. The number of aryl methyl sites for hydroxylation is 9. The van der Waals surface area contributed by atoms with E-state index >= 15 is 0 Å². The van der Waals surface area contributed by atoms with E-state index in [-0.39, 0.29) is 6.71 Å². The molecule has 0 fully saturated rings. The molecular weight excluding hydrogens is 689 g/mol. The minimum atomic E-state index is -0.00245. The molecule has 3 heteroatoms. The molecule has 3 heterocycles. The third-order valence-electron chi connectivity index (χ3n) is 13.0. The summed E-state index contributed by atoms with van der Waals surface area (Å²) < 4.78 is 9.63. The van der Waals surface area contributed by atoms with Gasteiger partial charge in [0.2, 0.25) is 0 Å². The van der Waals surface area contributed by atoms with Gasteiger partial charge in [-0.1, -0.05) is 91.2 Å². The Morgan fingerprint density at radius 2 is 0.965 bits per heavy atom. The Labute approximate surface area is 338 Å². The monoisotopic (exact) mass is 739 g/mol. The lowest BCUT2D eigenvalue weighted by Crippen LogP contribution is -2.58. The van der Waals surface area contributed by atoms with Crippen molar-refractivity contribution in [1.29, 1.82) is 0 Å². The van der Waals surface area contributed by atoms with Crippen molar-refractivity contribution in [2.24, 2.45) is 0 Å². The van der Waals surface area contributed by atoms with Gasteiger partial charge in [-0.05, 0) is 193 Å². The van der Waals surface area contributed by atoms with Crippen LogP contribution in [-0.4, -0.2) is 11.3 Å². The molecule has 0 saturated heterocycles. The number of benzene rings is 7. The van der Waals surface area contributed by atoms with Gasteiger partial charge in [-0.25, -0.2) is 0 Å². The van der Waals surface area contributed by atoms with E-state index in [4.69, 9.17) is 4.74 Å². The van der Waals surface area contributed by atoms with E-state index in [2.05, 4.69) is 178 Å². The van der Waals surface area contributed by atoms with Gasteiger partial charge in [0.15, 0.2) is 0 Å². The Hall–Kier alpha value is -5.80. The van der Waals surface area contributed by atoms with Gasteiger partial charge in [-0.2, -0.15) is 0 Å². The summed E-state index contributed by atoms with van der Waals surface area (Å²) in [6.07, 6.45) is 0. The molecule has 57 heavy (non-hydrogen) atoms. The van der Waals surface area contributed by atoms with Crippen LogP contribution in [0.4, 0.5) is 0 Å². The predicted molar refractivity (Wildman–Crippen MR) is 245 cm³/mol. The summed E-state index contributed by atoms with van der Waals surface area (Å²) in [5.41, 5.74) is 28.4. The number of nitrogens with zero attached hydrogens (tertiary/aromatic N) is 1. The van der Waals surface area contributed by atoms with E-state index in [9.17, 15) is 0 Å². The minimum absolute atomic E-state index is 0.00245. The first-order valence-corrected chi connectivity index (χ1v) is 20.6. The molecule has 280 valence electrons. The van der Waals surface area contributed by atoms with Gasteiger partial charge in [0.1, 0.15) is 11.5 Å². The summed E-state index contributed by atoms with van der Waals surface area (Å²) in [5, 5.41) is 2.59. The van der Waals surface area contributed by atoms with Gasteiger partial charge in [-0.15, -0.1) is 0 Å². The lowest BCUT2D eigenvalue weighted by Gasteiger charge is -2.34. The Bertz CT molecular complexity index is 3000. The maximum Gasteiger partial charge on any atom is 0.256 e. The molecule has 0 spiro atoms. The van der Waals surface area contributed by atoms with Crippen LogP contribution in [0, 0.1) is 62.3 Å². The molecule has 8 aromatic rings. The summed E-state index contributed by atoms with van der Waals surface area (Å²) >= 11 is 0. The smallest absolute Gasteiger partial charge is 0.256 e. The van der Waals surface area contributed by atoms with Gasteiger partial charge in [0, 0.05) is 22.0 Å². The average molecular weight is 740 g/mol. The fourth-order valence-corrected chi connectivity index (χ4v) is 11.0. The highest BCUT2D eigenvalue weighted by molar-refractivity contribution is 6.99. The summed E-state index contributed by atoms with van der Waals surface area (Å²) in [6, 6.07) is 37.9. The zero-order valence-corrected chi connectivity index (χ0v) is 35.2. The van der Waals surface area contributed by atoms with Crippen LogP contribution in [0.1, 0.15) is 75.4 Å². The van der Waals surface area contributed by atoms with Crippen LogP contribution in [-0.2, 0) is 0 Å². The van der Waals surface area contributed by atoms with Crippen LogP contribution in [0.25, 0.3) is 60.9 Å². The Morgan fingerprint density at radius 1 is 0.474 bits per heavy atom. The van der Waals surface area contributed by atoms with Crippen molar-refractivity contribution in [3.8, 4) is 50.6 Å². The molecule has 0 amide bonds. The van der Waals surface area contributed by atoms with E-state index < -0.39 is 0 Å². The van der Waals surface area contributed by atoms with Crippen molar-refractivity contribution in [3.63, 3.8) is 0 Å². The molecule has 10 rings (SSSR count). The van der Waals surface area contributed by atoms with Crippen LogP contribution in [0.3, 0.4) is 0 Å². The third kappa shape index (κ3) is 5.31. The van der Waals surface area contributed by atoms with Crippen LogP contribution in [0.2, 0.25) is 0 Å². The molecular formula is C54H50BNO. The highest BCUT2D eigenvalue weighted by Crippen LogP contribution is 2.43. The number of aromatic nitrogens is 1. The van der Waals surface area contributed by atoms with E-state index in [1.807, 2.05) is 0 Å². The number of hydrogen-bond acceptors (Lipinski definition) is 1. The zero-order valence-electron chi connectivity index (χ0n) is 35.2. The fraction of sp³-hybridized carbons (Fsp3) is 0.222. The van der Waals surface area contributed by atoms with Gasteiger partial charge < -0.3 is 9.30 Å². The molecule has 2 aliphatic rings. The maximum absolute atomic E-state index is 7.05. The van der Waals surface area contributed by atoms with Crippen molar-refractivity contribution in [2.45, 2.75) is 82.1 Å². The normalized spacial score (nSPS) is 12.7. The van der Waals surface area contributed by atoms with Gasteiger partial charge in [0.25, 0.3) is 6.71 Å². The molecule has 0 atom stereocenters. The Morgan fingerprint density at radius 3 is 1.53 bits per heavy atom. The molecule has 7 aromatic carbocycles. The second-order valence-electron chi connectivity index (χ2n) is 17.7. The molecule has 0 bridgehead atoms. The molecule has 0 unspecified atom stereocenters. The molecule has 0 radical (unpaired) electrons. The zero-order chi connectivity index (χ0) is 39.8. The second kappa shape index (κ2) is 12.6. The van der Waals surface area contributed by atoms with Crippen LogP contribution in [0.5, 0.6) is 11.5 Å². The first-order valence-electron chi connectivity index (χ1n) is 20.6. The van der Waals surface area contributed by atoms with Crippen molar-refractivity contribution < 1.29 is 4.74 Å². The first-order chi connectivity index (χ1) is 27.3. The standard InChI is InChI=1S/C54H50BNO/c1-28(2)40-26-47-53-49(27-40)57-48-15-13-39(51-34(8)18-30(4)19-35(51)9)24-44(48)55(53)45-25-41(52-36(10)20-31(5)21-37(52)11)23-43-42-22-38(12-14-46(42)56(47)54(43)45)50-32(6)16-29(3)17-33(50)7/h12-28H,1-11H3. The number of hydrogen-bond donors (Lipinski definition) is 0. The quantitative estimate of drug-likeness (QED) is 0.164. The van der Waals surface area contributed by atoms with E-state index in [0.717, 1.165) is 11.5 Å². The molecule has 2 aliphatic heterocycles. The predicted octanol–water partition coefficient (Wildman–Crippen LogP) is 12.6. The molecule has 2 nitrogen and oxygen atoms in total. The van der Waals surface area contributed by atoms with Crippen LogP contribution < -0.4 is 21.1 Å². The van der Waals surface area contributed by atoms with E-state index in [1.165, 1.54) is 133 Å². The van der Waals surface area contributed by atoms with E-state index in [1.54, 1.807) is 0 Å². The lowest BCUT2D eigenvalue weighted by atomic mass is 9.34. The summed E-state index contributed by atoms with van der Waals surface area (Å²) in [5.74, 6) is 2.27. The highest BCUT2D eigenvalue weighted by atomic mass is 16.5. The molecule has 0 aliphatic carbocycles. The van der Waals surface area contributed by atoms with Crippen molar-refractivity contribution in [3.05, 3.63) is 153 Å². The van der Waals surface area contributed by atoms with Crippen molar-refractivity contribution in [1.82, 2.24) is 4.57 Å². The Balaban J connectivity index is 1.35. The minimum Gasteiger partial charge on any atom is -0.458 e. The SMILES string of the molecule is Cc1cc(C)c(-c2ccc3c(c2)B2c4c(cc(C(C)C)cc4-n4c5ccc(-c6c(C)cc(C)cc6C)cc5c5cc(-c6c(C)cc(C)cc6C)cc2c54)O3)c(C)c1. The second-order valence-corrected chi connectivity index (χ2v) is 17.7. The van der Waals surface area contributed by atoms with Crippen molar-refractivity contribution >= 4 is 44.9 Å². The molecule has 0 N–H and O–H groups in total. The topological polar surface area (TPSA) is 14.2 Å². The van der Waals surface area contributed by atoms with E-state index in [0.29, 0.717) is 5.92 Å². The lowest BCUT2D eigenvalue weighted by molar-refractivity contribution is 0.486. The van der Waals surface area contributed by atoms with Gasteiger partial charge in [-0.3, -0.25) is 0 Å². The number of fused-ring (bicyclic) bond motifs is 7. The maximum atomic E-state index is 7.05. The largest absolute Gasteiger partial charge is 0.458 e. The summed E-state index contributed by atoms with van der Waals surface area (Å²) in [7, 11) is 0. The summed E-state index contributed by atoms with van der Waals surface area (Å²) in [6.45, 7) is 24.7. The fourth-order valence-electron chi connectivity index (χ4n) is 11.0. The molecule has 1 aromatic heterocycles. The average Bonchev–Trinajstić information content (AvgIpc) is 3.46. The highest BCUT2D eigenvalue weighted by Gasteiger charge is 2.41. The Kier molecular flexibility index (Phi) is 7.87. The van der Waals surface area contributed by atoms with Gasteiger partial charge in [0.05, 0.1) is 5.52 Å². The van der Waals surface area contributed by atoms with Crippen molar-refractivity contribution in [2.75, 3.05) is 0 Å². The van der Waals surface area contributed by atoms with Crippen LogP contribution in [0.15, 0.2) is 97.1 Å². The molecule has 0 saturated carbocycles. The first kappa shape index (κ1) is 35.6. The number of rotatable bonds is 4.